The number of carbonyl (C=O) groups is 1. The van der Waals surface area contributed by atoms with Gasteiger partial charge in [-0.25, -0.2) is 4.39 Å². The SMILES string of the molecule is CCOc1ccc(C(=O)c2ccc(Cl)cc2F)cc1. The fourth-order valence-corrected chi connectivity index (χ4v) is 1.86. The summed E-state index contributed by atoms with van der Waals surface area (Å²) in [5, 5.41) is 0.265. The van der Waals surface area contributed by atoms with Crippen molar-refractivity contribution in [2.24, 2.45) is 0 Å². The lowest BCUT2D eigenvalue weighted by Crippen LogP contribution is -2.04. The van der Waals surface area contributed by atoms with Gasteiger partial charge in [0.05, 0.1) is 12.2 Å². The first-order valence-electron chi connectivity index (χ1n) is 5.84. The Kier molecular flexibility index (Phi) is 4.17. The summed E-state index contributed by atoms with van der Waals surface area (Å²) in [5.41, 5.74) is 0.415. The third-order valence-electron chi connectivity index (χ3n) is 2.60. The Bertz CT molecular complexity index is 594. The molecule has 0 spiro atoms. The maximum Gasteiger partial charge on any atom is 0.195 e. The van der Waals surface area contributed by atoms with E-state index in [0.29, 0.717) is 17.9 Å². The number of ketones is 1. The molecule has 2 rings (SSSR count). The van der Waals surface area contributed by atoms with Gasteiger partial charge in [0, 0.05) is 10.6 Å². The van der Waals surface area contributed by atoms with Crippen LogP contribution in [0.15, 0.2) is 42.5 Å². The van der Waals surface area contributed by atoms with Crippen molar-refractivity contribution in [3.05, 3.63) is 64.4 Å². The maximum atomic E-state index is 13.7. The van der Waals surface area contributed by atoms with Crippen molar-refractivity contribution in [2.75, 3.05) is 6.61 Å². The highest BCUT2D eigenvalue weighted by Gasteiger charge is 2.14. The summed E-state index contributed by atoms with van der Waals surface area (Å²) >= 11 is 5.66. The fourth-order valence-electron chi connectivity index (χ4n) is 1.70. The molecule has 0 atom stereocenters. The van der Waals surface area contributed by atoms with Crippen LogP contribution in [0.2, 0.25) is 5.02 Å². The molecule has 0 aliphatic heterocycles. The molecule has 0 heterocycles. The normalized spacial score (nSPS) is 10.3. The minimum atomic E-state index is -0.619. The van der Waals surface area contributed by atoms with Crippen LogP contribution in [-0.2, 0) is 0 Å². The van der Waals surface area contributed by atoms with Crippen LogP contribution in [-0.4, -0.2) is 12.4 Å². The maximum absolute atomic E-state index is 13.7. The van der Waals surface area contributed by atoms with Crippen molar-refractivity contribution in [1.29, 1.82) is 0 Å². The van der Waals surface area contributed by atoms with E-state index in [1.807, 2.05) is 6.92 Å². The molecule has 0 fully saturated rings. The standard InChI is InChI=1S/C15H12ClFO2/c1-2-19-12-6-3-10(4-7-12)15(18)13-8-5-11(16)9-14(13)17/h3-9H,2H2,1H3. The summed E-state index contributed by atoms with van der Waals surface area (Å²) in [7, 11) is 0. The summed E-state index contributed by atoms with van der Waals surface area (Å²) in [6, 6.07) is 10.6. The Morgan fingerprint density at radius 1 is 1.21 bits per heavy atom. The van der Waals surface area contributed by atoms with Crippen molar-refractivity contribution in [1.82, 2.24) is 0 Å². The summed E-state index contributed by atoms with van der Waals surface area (Å²) in [5.74, 6) is -0.320. The van der Waals surface area contributed by atoms with Gasteiger partial charge in [-0.3, -0.25) is 4.79 Å². The summed E-state index contributed by atoms with van der Waals surface area (Å²) in [6.45, 7) is 2.43. The second-order valence-corrected chi connectivity index (χ2v) is 4.35. The first-order valence-corrected chi connectivity index (χ1v) is 6.22. The average Bonchev–Trinajstić information content (AvgIpc) is 2.39. The van der Waals surface area contributed by atoms with Crippen LogP contribution in [0.3, 0.4) is 0 Å². The Balaban J connectivity index is 2.28. The zero-order chi connectivity index (χ0) is 13.8. The van der Waals surface area contributed by atoms with Gasteiger partial charge < -0.3 is 4.74 Å². The Morgan fingerprint density at radius 2 is 1.89 bits per heavy atom. The third-order valence-corrected chi connectivity index (χ3v) is 2.84. The number of rotatable bonds is 4. The van der Waals surface area contributed by atoms with E-state index in [-0.39, 0.29) is 16.4 Å². The first kappa shape index (κ1) is 13.6. The van der Waals surface area contributed by atoms with Crippen LogP contribution < -0.4 is 4.74 Å². The van der Waals surface area contributed by atoms with Crippen molar-refractivity contribution in [3.8, 4) is 5.75 Å². The zero-order valence-electron chi connectivity index (χ0n) is 10.3. The van der Waals surface area contributed by atoms with Crippen molar-refractivity contribution < 1.29 is 13.9 Å². The summed E-state index contributed by atoms with van der Waals surface area (Å²) in [6.07, 6.45) is 0. The number of ether oxygens (including phenoxy) is 1. The number of hydrogen-bond donors (Lipinski definition) is 0. The molecule has 0 N–H and O–H groups in total. The monoisotopic (exact) mass is 278 g/mol. The van der Waals surface area contributed by atoms with E-state index in [9.17, 15) is 9.18 Å². The van der Waals surface area contributed by atoms with E-state index in [1.54, 1.807) is 24.3 Å². The van der Waals surface area contributed by atoms with Gasteiger partial charge in [0.25, 0.3) is 0 Å². The molecule has 0 saturated heterocycles. The van der Waals surface area contributed by atoms with Gasteiger partial charge in [-0.2, -0.15) is 0 Å². The quantitative estimate of drug-likeness (QED) is 0.787. The number of hydrogen-bond acceptors (Lipinski definition) is 2. The minimum absolute atomic E-state index is 0.00793. The van der Waals surface area contributed by atoms with E-state index >= 15 is 0 Å². The average molecular weight is 279 g/mol. The van der Waals surface area contributed by atoms with E-state index in [0.717, 1.165) is 6.07 Å². The van der Waals surface area contributed by atoms with Gasteiger partial charge in [-0.1, -0.05) is 11.6 Å². The predicted octanol–water partition coefficient (Wildman–Crippen LogP) is 4.11. The lowest BCUT2D eigenvalue weighted by atomic mass is 10.0. The highest BCUT2D eigenvalue weighted by Crippen LogP contribution is 2.19. The molecule has 0 amide bonds. The number of carbonyl (C=O) groups excluding carboxylic acids is 1. The van der Waals surface area contributed by atoms with Crippen LogP contribution in [0, 0.1) is 5.82 Å². The molecular formula is C15H12ClFO2. The largest absolute Gasteiger partial charge is 0.494 e. The minimum Gasteiger partial charge on any atom is -0.494 e. The van der Waals surface area contributed by atoms with Crippen molar-refractivity contribution in [3.63, 3.8) is 0 Å². The van der Waals surface area contributed by atoms with Crippen LogP contribution in [0.5, 0.6) is 5.75 Å². The molecule has 0 bridgehead atoms. The Labute approximate surface area is 115 Å². The highest BCUT2D eigenvalue weighted by molar-refractivity contribution is 6.30. The van der Waals surface area contributed by atoms with Crippen LogP contribution in [0.25, 0.3) is 0 Å². The lowest BCUT2D eigenvalue weighted by molar-refractivity contribution is 0.103. The van der Waals surface area contributed by atoms with E-state index in [1.165, 1.54) is 12.1 Å². The van der Waals surface area contributed by atoms with Gasteiger partial charge in [-0.05, 0) is 49.4 Å². The molecule has 0 aliphatic carbocycles. The molecule has 0 saturated carbocycles. The zero-order valence-corrected chi connectivity index (χ0v) is 11.1. The number of benzene rings is 2. The van der Waals surface area contributed by atoms with Crippen LogP contribution in [0.1, 0.15) is 22.8 Å². The molecule has 19 heavy (non-hydrogen) atoms. The van der Waals surface area contributed by atoms with Crippen molar-refractivity contribution >= 4 is 17.4 Å². The van der Waals surface area contributed by atoms with Gasteiger partial charge >= 0.3 is 0 Å². The number of halogens is 2. The van der Waals surface area contributed by atoms with Gasteiger partial charge in [0.2, 0.25) is 0 Å². The molecule has 2 nitrogen and oxygen atoms in total. The molecule has 4 heteroatoms. The molecule has 2 aromatic rings. The summed E-state index contributed by atoms with van der Waals surface area (Å²) in [4.78, 5) is 12.1. The van der Waals surface area contributed by atoms with Gasteiger partial charge in [0.1, 0.15) is 11.6 Å². The summed E-state index contributed by atoms with van der Waals surface area (Å²) < 4.78 is 18.9. The highest BCUT2D eigenvalue weighted by atomic mass is 35.5. The molecular weight excluding hydrogens is 267 g/mol. The van der Waals surface area contributed by atoms with E-state index < -0.39 is 5.82 Å². The van der Waals surface area contributed by atoms with E-state index in [2.05, 4.69) is 0 Å². The second-order valence-electron chi connectivity index (χ2n) is 3.91. The molecule has 0 aromatic heterocycles. The van der Waals surface area contributed by atoms with E-state index in [4.69, 9.17) is 16.3 Å². The van der Waals surface area contributed by atoms with Crippen LogP contribution >= 0.6 is 11.6 Å². The third kappa shape index (κ3) is 3.12. The molecule has 2 aromatic carbocycles. The molecule has 0 unspecified atom stereocenters. The smallest absolute Gasteiger partial charge is 0.195 e. The lowest BCUT2D eigenvalue weighted by Gasteiger charge is -2.05. The van der Waals surface area contributed by atoms with Crippen LogP contribution in [0.4, 0.5) is 4.39 Å². The van der Waals surface area contributed by atoms with Crippen molar-refractivity contribution in [2.45, 2.75) is 6.92 Å². The topological polar surface area (TPSA) is 26.3 Å². The van der Waals surface area contributed by atoms with Gasteiger partial charge in [-0.15, -0.1) is 0 Å². The Hall–Kier alpha value is -1.87. The first-order chi connectivity index (χ1) is 9.11. The predicted molar refractivity (Wildman–Crippen MR) is 72.5 cm³/mol. The fraction of sp³-hybridized carbons (Fsp3) is 0.133. The Morgan fingerprint density at radius 3 is 2.47 bits per heavy atom. The molecule has 98 valence electrons. The van der Waals surface area contributed by atoms with Gasteiger partial charge in [0.15, 0.2) is 5.78 Å². The molecule has 0 radical (unpaired) electrons. The second kappa shape index (κ2) is 5.85. The molecule has 0 aliphatic rings.